The second-order valence-electron chi connectivity index (χ2n) is 5.77. The summed E-state index contributed by atoms with van der Waals surface area (Å²) in [6.07, 6.45) is 1.87. The average molecular weight is 350 g/mol. The van der Waals surface area contributed by atoms with Crippen molar-refractivity contribution in [2.24, 2.45) is 0 Å². The van der Waals surface area contributed by atoms with E-state index in [1.54, 1.807) is 11.0 Å². The third-order valence-electron chi connectivity index (χ3n) is 4.00. The quantitative estimate of drug-likeness (QED) is 0.835. The number of carbonyl (C=O) groups is 1. The number of carbonyl (C=O) groups excluding carboxylic acids is 1. The van der Waals surface area contributed by atoms with Crippen molar-refractivity contribution < 1.29 is 13.2 Å². The number of nitrogens with zero attached hydrogens (tertiary/aromatic N) is 1. The Kier molecular flexibility index (Phi) is 3.94. The summed E-state index contributed by atoms with van der Waals surface area (Å²) < 4.78 is 23.6. The van der Waals surface area contributed by atoms with E-state index in [9.17, 15) is 13.2 Å². The van der Waals surface area contributed by atoms with E-state index in [0.29, 0.717) is 5.56 Å². The molecule has 1 amide bonds. The van der Waals surface area contributed by atoms with Gasteiger partial charge in [0.15, 0.2) is 9.84 Å². The van der Waals surface area contributed by atoms with Gasteiger partial charge in [0.1, 0.15) is 0 Å². The zero-order chi connectivity index (χ0) is 16.8. The molecule has 0 saturated carbocycles. The van der Waals surface area contributed by atoms with Crippen LogP contribution in [0.4, 0.5) is 5.69 Å². The smallest absolute Gasteiger partial charge is 0.258 e. The zero-order valence-corrected chi connectivity index (χ0v) is 14.4. The number of fused-ring (bicyclic) bond motifs is 1. The Morgan fingerprint density at radius 3 is 2.61 bits per heavy atom. The van der Waals surface area contributed by atoms with Gasteiger partial charge in [0.25, 0.3) is 5.91 Å². The Bertz CT molecular complexity index is 892. The molecule has 4 nitrogen and oxygen atoms in total. The molecule has 2 aromatic rings. The standard InChI is InChI=1S/C17H16ClNO3S/c1-11-9-12-5-3-4-6-15(12)19(11)17(20)13-7-8-14(18)16(10-13)23(2,21)22/h3-8,10-11H,9H2,1-2H3/t11-/m0/s1. The fourth-order valence-corrected chi connectivity index (χ4v) is 4.24. The van der Waals surface area contributed by atoms with Gasteiger partial charge in [-0.2, -0.15) is 0 Å². The maximum absolute atomic E-state index is 12.9. The Balaban J connectivity index is 2.05. The lowest BCUT2D eigenvalue weighted by Crippen LogP contribution is -2.35. The van der Waals surface area contributed by atoms with Gasteiger partial charge in [-0.15, -0.1) is 0 Å². The molecule has 120 valence electrons. The summed E-state index contributed by atoms with van der Waals surface area (Å²) >= 11 is 5.95. The molecule has 23 heavy (non-hydrogen) atoms. The minimum Gasteiger partial charge on any atom is -0.305 e. The Hall–Kier alpha value is -1.85. The number of anilines is 1. The summed E-state index contributed by atoms with van der Waals surface area (Å²) in [5.74, 6) is -0.219. The molecule has 0 radical (unpaired) electrons. The maximum Gasteiger partial charge on any atom is 0.258 e. The number of hydrogen-bond donors (Lipinski definition) is 0. The third-order valence-corrected chi connectivity index (χ3v) is 5.58. The molecule has 6 heteroatoms. The largest absolute Gasteiger partial charge is 0.305 e. The minimum atomic E-state index is -3.49. The van der Waals surface area contributed by atoms with Gasteiger partial charge in [0.05, 0.1) is 9.92 Å². The highest BCUT2D eigenvalue weighted by Gasteiger charge is 2.31. The maximum atomic E-state index is 12.9. The van der Waals surface area contributed by atoms with Crippen LogP contribution < -0.4 is 4.90 Å². The van der Waals surface area contributed by atoms with E-state index in [0.717, 1.165) is 23.9 Å². The molecule has 2 aromatic carbocycles. The van der Waals surface area contributed by atoms with Crippen LogP contribution in [0.1, 0.15) is 22.8 Å². The van der Waals surface area contributed by atoms with Gasteiger partial charge in [-0.05, 0) is 43.2 Å². The molecule has 1 aliphatic rings. The summed E-state index contributed by atoms with van der Waals surface area (Å²) in [7, 11) is -3.49. The summed E-state index contributed by atoms with van der Waals surface area (Å²) in [6, 6.07) is 12.1. The molecule has 3 rings (SSSR count). The highest BCUT2D eigenvalue weighted by atomic mass is 35.5. The fraction of sp³-hybridized carbons (Fsp3) is 0.235. The van der Waals surface area contributed by atoms with Crippen LogP contribution in [0.2, 0.25) is 5.02 Å². The molecular formula is C17H16ClNO3S. The number of rotatable bonds is 2. The Labute approximate surface area is 140 Å². The summed E-state index contributed by atoms with van der Waals surface area (Å²) in [5.41, 5.74) is 2.31. The van der Waals surface area contributed by atoms with Crippen LogP contribution in [0, 0.1) is 0 Å². The Morgan fingerprint density at radius 2 is 1.91 bits per heavy atom. The van der Waals surface area contributed by atoms with Gasteiger partial charge in [0.2, 0.25) is 0 Å². The number of para-hydroxylation sites is 1. The van der Waals surface area contributed by atoms with E-state index < -0.39 is 9.84 Å². The average Bonchev–Trinajstić information content (AvgIpc) is 2.81. The van der Waals surface area contributed by atoms with Crippen molar-refractivity contribution in [1.82, 2.24) is 0 Å². The zero-order valence-electron chi connectivity index (χ0n) is 12.8. The summed E-state index contributed by atoms with van der Waals surface area (Å²) in [4.78, 5) is 14.6. The number of benzene rings is 2. The number of amides is 1. The van der Waals surface area contributed by atoms with E-state index in [1.165, 1.54) is 12.1 Å². The molecule has 1 aliphatic heterocycles. The van der Waals surface area contributed by atoms with Crippen LogP contribution in [-0.2, 0) is 16.3 Å². The van der Waals surface area contributed by atoms with E-state index in [-0.39, 0.29) is 21.9 Å². The van der Waals surface area contributed by atoms with E-state index in [4.69, 9.17) is 11.6 Å². The van der Waals surface area contributed by atoms with Crippen molar-refractivity contribution >= 4 is 33.0 Å². The fourth-order valence-electron chi connectivity index (χ4n) is 2.93. The predicted molar refractivity (Wildman–Crippen MR) is 91.0 cm³/mol. The summed E-state index contributed by atoms with van der Waals surface area (Å²) in [5, 5.41) is 0.124. The third kappa shape index (κ3) is 2.86. The van der Waals surface area contributed by atoms with Crippen molar-refractivity contribution in [3.8, 4) is 0 Å². The van der Waals surface area contributed by atoms with Crippen LogP contribution in [-0.4, -0.2) is 26.6 Å². The SMILES string of the molecule is C[C@H]1Cc2ccccc2N1C(=O)c1ccc(Cl)c(S(C)(=O)=O)c1. The van der Waals surface area contributed by atoms with E-state index in [2.05, 4.69) is 0 Å². The van der Waals surface area contributed by atoms with Crippen LogP contribution in [0.5, 0.6) is 0 Å². The van der Waals surface area contributed by atoms with Crippen molar-refractivity contribution in [3.63, 3.8) is 0 Å². The highest BCUT2D eigenvalue weighted by molar-refractivity contribution is 7.90. The normalized spacial score (nSPS) is 17.2. The highest BCUT2D eigenvalue weighted by Crippen LogP contribution is 2.33. The lowest BCUT2D eigenvalue weighted by atomic mass is 10.1. The predicted octanol–water partition coefficient (Wildman–Crippen LogP) is 3.33. The van der Waals surface area contributed by atoms with Gasteiger partial charge in [-0.1, -0.05) is 29.8 Å². The van der Waals surface area contributed by atoms with Gasteiger partial charge in [0, 0.05) is 23.5 Å². The lowest BCUT2D eigenvalue weighted by molar-refractivity contribution is 0.0981. The topological polar surface area (TPSA) is 54.5 Å². The summed E-state index contributed by atoms with van der Waals surface area (Å²) in [6.45, 7) is 1.98. The van der Waals surface area contributed by atoms with Gasteiger partial charge >= 0.3 is 0 Å². The molecular weight excluding hydrogens is 334 g/mol. The van der Waals surface area contributed by atoms with Gasteiger partial charge < -0.3 is 4.90 Å². The van der Waals surface area contributed by atoms with Gasteiger partial charge in [-0.25, -0.2) is 8.42 Å². The molecule has 0 aliphatic carbocycles. The molecule has 0 N–H and O–H groups in total. The van der Waals surface area contributed by atoms with E-state index in [1.807, 2.05) is 31.2 Å². The molecule has 0 fully saturated rings. The van der Waals surface area contributed by atoms with Crippen LogP contribution in [0.15, 0.2) is 47.4 Å². The van der Waals surface area contributed by atoms with Crippen LogP contribution in [0.3, 0.4) is 0 Å². The number of halogens is 1. The molecule has 0 saturated heterocycles. The first-order valence-corrected chi connectivity index (χ1v) is 9.47. The monoisotopic (exact) mass is 349 g/mol. The second kappa shape index (κ2) is 5.65. The molecule has 1 heterocycles. The van der Waals surface area contributed by atoms with Crippen molar-refractivity contribution in [3.05, 3.63) is 58.6 Å². The van der Waals surface area contributed by atoms with Gasteiger partial charge in [-0.3, -0.25) is 4.79 Å². The Morgan fingerprint density at radius 1 is 1.22 bits per heavy atom. The number of sulfone groups is 1. The van der Waals surface area contributed by atoms with Crippen LogP contribution in [0.25, 0.3) is 0 Å². The molecule has 0 bridgehead atoms. The van der Waals surface area contributed by atoms with E-state index >= 15 is 0 Å². The van der Waals surface area contributed by atoms with Crippen molar-refractivity contribution in [1.29, 1.82) is 0 Å². The van der Waals surface area contributed by atoms with Crippen LogP contribution >= 0.6 is 11.6 Å². The molecule has 0 spiro atoms. The molecule has 1 atom stereocenters. The van der Waals surface area contributed by atoms with Crippen molar-refractivity contribution in [2.45, 2.75) is 24.3 Å². The van der Waals surface area contributed by atoms with Crippen molar-refractivity contribution in [2.75, 3.05) is 11.2 Å². The first-order chi connectivity index (χ1) is 10.8. The second-order valence-corrected chi connectivity index (χ2v) is 8.17. The molecule has 0 unspecified atom stereocenters. The first kappa shape index (κ1) is 16.0. The minimum absolute atomic E-state index is 0.0230. The lowest BCUT2D eigenvalue weighted by Gasteiger charge is -2.23. The number of hydrogen-bond acceptors (Lipinski definition) is 3. The first-order valence-electron chi connectivity index (χ1n) is 7.20. The molecule has 0 aromatic heterocycles.